The summed E-state index contributed by atoms with van der Waals surface area (Å²) in [6.07, 6.45) is 0. The van der Waals surface area contributed by atoms with E-state index in [4.69, 9.17) is 0 Å². The molecule has 1 nitrogen and oxygen atoms in total. The van der Waals surface area contributed by atoms with Crippen LogP contribution < -0.4 is 0 Å². The van der Waals surface area contributed by atoms with Crippen molar-refractivity contribution < 1.29 is 0 Å². The average molecular weight is 363 g/mol. The summed E-state index contributed by atoms with van der Waals surface area (Å²) in [6, 6.07) is 28.8. The molecule has 2 aromatic heterocycles. The molecule has 0 bridgehead atoms. The first-order valence-electron chi connectivity index (χ1n) is 9.21. The number of hydrogen-bond donors (Lipinski definition) is 1. The quantitative estimate of drug-likeness (QED) is 0.308. The van der Waals surface area contributed by atoms with Crippen molar-refractivity contribution in [3.8, 4) is 11.1 Å². The Kier molecular flexibility index (Phi) is 3.03. The van der Waals surface area contributed by atoms with Gasteiger partial charge in [0.2, 0.25) is 0 Å². The fraction of sp³-hybridized carbons (Fsp3) is 0.0400. The molecule has 0 spiro atoms. The zero-order valence-corrected chi connectivity index (χ0v) is 15.7. The molecule has 0 saturated carbocycles. The number of thiophene rings is 1. The van der Waals surface area contributed by atoms with Gasteiger partial charge in [-0.15, -0.1) is 11.3 Å². The van der Waals surface area contributed by atoms with Gasteiger partial charge in [-0.2, -0.15) is 0 Å². The SMILES string of the molecule is Cc1ccc2[nH]c3ccc(-c4cccc5c4sc4ccccc45)cc3c2c1. The number of aromatic amines is 1. The summed E-state index contributed by atoms with van der Waals surface area (Å²) in [4.78, 5) is 3.55. The van der Waals surface area contributed by atoms with Gasteiger partial charge in [-0.05, 0) is 48.4 Å². The van der Waals surface area contributed by atoms with Crippen LogP contribution >= 0.6 is 11.3 Å². The Hall–Kier alpha value is -3.10. The highest BCUT2D eigenvalue weighted by molar-refractivity contribution is 7.26. The van der Waals surface area contributed by atoms with Crippen LogP contribution in [0.25, 0.3) is 53.1 Å². The smallest absolute Gasteiger partial charge is 0.0465 e. The van der Waals surface area contributed by atoms with E-state index in [1.807, 2.05) is 11.3 Å². The molecule has 2 heteroatoms. The first-order chi connectivity index (χ1) is 13.3. The Morgan fingerprint density at radius 2 is 1.44 bits per heavy atom. The standard InChI is InChI=1S/C25H17NS/c1-15-9-11-22-20(13-15)21-14-16(10-12-23(21)26-22)17-6-4-7-19-18-5-2-3-8-24(18)27-25(17)19/h2-14,26H,1H3. The van der Waals surface area contributed by atoms with E-state index >= 15 is 0 Å². The number of H-pyrrole nitrogens is 1. The lowest BCUT2D eigenvalue weighted by Gasteiger charge is -2.04. The van der Waals surface area contributed by atoms with Crippen molar-refractivity contribution in [2.24, 2.45) is 0 Å². The summed E-state index contributed by atoms with van der Waals surface area (Å²) >= 11 is 1.89. The lowest BCUT2D eigenvalue weighted by molar-refractivity contribution is 1.49. The van der Waals surface area contributed by atoms with Gasteiger partial charge in [-0.1, -0.05) is 54.1 Å². The Morgan fingerprint density at radius 3 is 2.37 bits per heavy atom. The van der Waals surface area contributed by atoms with Crippen molar-refractivity contribution >= 4 is 53.3 Å². The third-order valence-electron chi connectivity index (χ3n) is 5.47. The van der Waals surface area contributed by atoms with Crippen molar-refractivity contribution in [1.29, 1.82) is 0 Å². The van der Waals surface area contributed by atoms with E-state index in [0.29, 0.717) is 0 Å². The summed E-state index contributed by atoms with van der Waals surface area (Å²) in [5.41, 5.74) is 6.29. The minimum atomic E-state index is 1.20. The third-order valence-corrected chi connectivity index (χ3v) is 6.69. The van der Waals surface area contributed by atoms with Crippen molar-refractivity contribution in [2.75, 3.05) is 0 Å². The number of fused-ring (bicyclic) bond motifs is 6. The zero-order valence-electron chi connectivity index (χ0n) is 14.9. The molecule has 1 N–H and O–H groups in total. The lowest BCUT2D eigenvalue weighted by Crippen LogP contribution is -1.79. The molecule has 128 valence electrons. The van der Waals surface area contributed by atoms with Gasteiger partial charge in [0.1, 0.15) is 0 Å². The molecule has 0 fully saturated rings. The van der Waals surface area contributed by atoms with Crippen LogP contribution in [-0.4, -0.2) is 4.98 Å². The summed E-state index contributed by atoms with van der Waals surface area (Å²) in [5.74, 6) is 0. The van der Waals surface area contributed by atoms with Gasteiger partial charge in [0.25, 0.3) is 0 Å². The molecule has 4 aromatic carbocycles. The van der Waals surface area contributed by atoms with Crippen LogP contribution in [0.15, 0.2) is 78.9 Å². The summed E-state index contributed by atoms with van der Waals surface area (Å²) in [5, 5.41) is 5.30. The molecule has 0 aliphatic heterocycles. The van der Waals surface area contributed by atoms with Crippen molar-refractivity contribution in [2.45, 2.75) is 6.92 Å². The molecule has 0 saturated heterocycles. The van der Waals surface area contributed by atoms with Crippen LogP contribution in [0.1, 0.15) is 5.56 Å². The predicted octanol–water partition coefficient (Wildman–Crippen LogP) is 7.66. The van der Waals surface area contributed by atoms with E-state index in [9.17, 15) is 0 Å². The van der Waals surface area contributed by atoms with Crippen LogP contribution in [0.5, 0.6) is 0 Å². The number of aromatic nitrogens is 1. The van der Waals surface area contributed by atoms with Crippen molar-refractivity contribution in [3.63, 3.8) is 0 Å². The monoisotopic (exact) mass is 363 g/mol. The highest BCUT2D eigenvalue weighted by Gasteiger charge is 2.12. The topological polar surface area (TPSA) is 15.8 Å². The van der Waals surface area contributed by atoms with Gasteiger partial charge < -0.3 is 4.98 Å². The Balaban J connectivity index is 1.67. The van der Waals surface area contributed by atoms with Crippen LogP contribution in [0.2, 0.25) is 0 Å². The molecule has 0 atom stereocenters. The van der Waals surface area contributed by atoms with E-state index in [1.54, 1.807) is 0 Å². The number of rotatable bonds is 1. The molecule has 0 aliphatic rings. The fourth-order valence-corrected chi connectivity index (χ4v) is 5.39. The van der Waals surface area contributed by atoms with Crippen LogP contribution in [0.3, 0.4) is 0 Å². The van der Waals surface area contributed by atoms with Gasteiger partial charge >= 0.3 is 0 Å². The van der Waals surface area contributed by atoms with Gasteiger partial charge in [-0.25, -0.2) is 0 Å². The van der Waals surface area contributed by atoms with Crippen molar-refractivity contribution in [3.05, 3.63) is 84.4 Å². The second-order valence-electron chi connectivity index (χ2n) is 7.21. The predicted molar refractivity (Wildman–Crippen MR) is 119 cm³/mol. The summed E-state index contributed by atoms with van der Waals surface area (Å²) < 4.78 is 2.72. The first-order valence-corrected chi connectivity index (χ1v) is 10.0. The molecule has 0 aliphatic carbocycles. The van der Waals surface area contributed by atoms with Crippen molar-refractivity contribution in [1.82, 2.24) is 4.98 Å². The molecular formula is C25H17NS. The highest BCUT2D eigenvalue weighted by atomic mass is 32.1. The third kappa shape index (κ3) is 2.17. The maximum absolute atomic E-state index is 3.55. The minimum absolute atomic E-state index is 1.20. The first kappa shape index (κ1) is 15.0. The number of benzene rings is 4. The Morgan fingerprint density at radius 1 is 0.667 bits per heavy atom. The summed E-state index contributed by atoms with van der Waals surface area (Å²) in [6.45, 7) is 2.15. The number of hydrogen-bond acceptors (Lipinski definition) is 1. The molecule has 0 amide bonds. The van der Waals surface area contributed by atoms with Gasteiger partial charge in [0.05, 0.1) is 0 Å². The fourth-order valence-electron chi connectivity index (χ4n) is 4.15. The van der Waals surface area contributed by atoms with E-state index in [-0.39, 0.29) is 0 Å². The van der Waals surface area contributed by atoms with Gasteiger partial charge in [0, 0.05) is 42.0 Å². The second-order valence-corrected chi connectivity index (χ2v) is 8.27. The van der Waals surface area contributed by atoms with E-state index in [1.165, 1.54) is 58.7 Å². The minimum Gasteiger partial charge on any atom is -0.355 e. The molecule has 0 radical (unpaired) electrons. The molecule has 2 heterocycles. The van der Waals surface area contributed by atoms with Gasteiger partial charge in [-0.3, -0.25) is 0 Å². The normalized spacial score (nSPS) is 11.9. The van der Waals surface area contributed by atoms with E-state index in [2.05, 4.69) is 90.8 Å². The average Bonchev–Trinajstić information content (AvgIpc) is 3.25. The maximum atomic E-state index is 3.55. The van der Waals surface area contributed by atoms with Crippen LogP contribution in [0.4, 0.5) is 0 Å². The zero-order chi connectivity index (χ0) is 18.0. The number of aryl methyl sites for hydroxylation is 1. The Labute approximate surface area is 160 Å². The Bertz CT molecular complexity index is 1480. The number of nitrogens with one attached hydrogen (secondary N) is 1. The molecule has 0 unspecified atom stereocenters. The molecule has 6 rings (SSSR count). The van der Waals surface area contributed by atoms with Crippen LogP contribution in [-0.2, 0) is 0 Å². The van der Waals surface area contributed by atoms with E-state index < -0.39 is 0 Å². The van der Waals surface area contributed by atoms with Gasteiger partial charge in [0.15, 0.2) is 0 Å². The van der Waals surface area contributed by atoms with E-state index in [0.717, 1.165) is 0 Å². The maximum Gasteiger partial charge on any atom is 0.0465 e. The van der Waals surface area contributed by atoms with Crippen LogP contribution in [0, 0.1) is 6.92 Å². The molecular weight excluding hydrogens is 346 g/mol. The summed E-state index contributed by atoms with van der Waals surface area (Å²) in [7, 11) is 0. The molecule has 6 aromatic rings. The lowest BCUT2D eigenvalue weighted by atomic mass is 10.0. The second kappa shape index (κ2) is 5.45. The molecule has 27 heavy (non-hydrogen) atoms. The largest absolute Gasteiger partial charge is 0.355 e. The highest BCUT2D eigenvalue weighted by Crippen LogP contribution is 2.40.